The Kier molecular flexibility index (Phi) is 4.21. The van der Waals surface area contributed by atoms with E-state index >= 15 is 0 Å². The number of hydrogen-bond donors (Lipinski definition) is 1. The number of aromatic nitrogens is 6. The summed E-state index contributed by atoms with van der Waals surface area (Å²) >= 11 is 0. The minimum atomic E-state index is -0.308. The van der Waals surface area contributed by atoms with Gasteiger partial charge in [0.15, 0.2) is 5.69 Å². The lowest BCUT2D eigenvalue weighted by Crippen LogP contribution is -2.12. The Morgan fingerprint density at radius 3 is 2.58 bits per heavy atom. The molecule has 0 spiro atoms. The number of amides is 1. The van der Waals surface area contributed by atoms with Crippen LogP contribution in [-0.4, -0.2) is 35.7 Å². The smallest absolute Gasteiger partial charge is 0.277 e. The summed E-state index contributed by atoms with van der Waals surface area (Å²) in [6, 6.07) is 17.2. The van der Waals surface area contributed by atoms with E-state index < -0.39 is 0 Å². The summed E-state index contributed by atoms with van der Waals surface area (Å²) in [7, 11) is 0. The van der Waals surface area contributed by atoms with Crippen molar-refractivity contribution in [2.75, 3.05) is 5.32 Å². The summed E-state index contributed by atoms with van der Waals surface area (Å²) < 4.78 is 3.28. The molecule has 8 heteroatoms. The van der Waals surface area contributed by atoms with Crippen LogP contribution in [0.2, 0.25) is 0 Å². The van der Waals surface area contributed by atoms with Gasteiger partial charge in [0.25, 0.3) is 5.91 Å². The van der Waals surface area contributed by atoms with Crippen LogP contribution in [0, 0.1) is 0 Å². The predicted octanol–water partition coefficient (Wildman–Crippen LogP) is 2.16. The largest absolute Gasteiger partial charge is 0.321 e. The molecule has 0 radical (unpaired) electrons. The molecule has 2 heterocycles. The fourth-order valence-corrected chi connectivity index (χ4v) is 2.48. The molecule has 2 aromatic carbocycles. The van der Waals surface area contributed by atoms with Gasteiger partial charge < -0.3 is 5.32 Å². The third kappa shape index (κ3) is 3.48. The molecule has 0 atom stereocenters. The van der Waals surface area contributed by atoms with Crippen LogP contribution in [0.3, 0.4) is 0 Å². The third-order valence-corrected chi connectivity index (χ3v) is 3.77. The van der Waals surface area contributed by atoms with Crippen molar-refractivity contribution in [3.8, 4) is 5.69 Å². The van der Waals surface area contributed by atoms with Crippen LogP contribution in [0.1, 0.15) is 16.1 Å². The standard InChI is InChI=1S/C18H15N7O/c26-18(17-11-24(23-22-17)10-14-4-2-1-3-5-14)21-15-6-8-16(9-7-15)25-13-19-12-20-25/h1-9,11-13H,10H2,(H,21,26). The molecule has 8 nitrogen and oxygen atoms in total. The molecule has 0 saturated heterocycles. The molecule has 0 fully saturated rings. The topological polar surface area (TPSA) is 90.5 Å². The Balaban J connectivity index is 1.42. The number of hydrogen-bond acceptors (Lipinski definition) is 5. The van der Waals surface area contributed by atoms with Crippen molar-refractivity contribution in [3.63, 3.8) is 0 Å². The highest BCUT2D eigenvalue weighted by Gasteiger charge is 2.11. The minimum Gasteiger partial charge on any atom is -0.321 e. The van der Waals surface area contributed by atoms with Crippen molar-refractivity contribution in [2.24, 2.45) is 0 Å². The second kappa shape index (κ2) is 6.98. The predicted molar refractivity (Wildman–Crippen MR) is 94.9 cm³/mol. The lowest BCUT2D eigenvalue weighted by atomic mass is 10.2. The fraction of sp³-hybridized carbons (Fsp3) is 0.0556. The Morgan fingerprint density at radius 2 is 1.85 bits per heavy atom. The molecule has 0 aliphatic carbocycles. The van der Waals surface area contributed by atoms with Gasteiger partial charge in [-0.2, -0.15) is 5.10 Å². The number of benzene rings is 2. The maximum atomic E-state index is 12.3. The Hall–Kier alpha value is -3.81. The van der Waals surface area contributed by atoms with Crippen LogP contribution in [-0.2, 0) is 6.54 Å². The maximum Gasteiger partial charge on any atom is 0.277 e. The van der Waals surface area contributed by atoms with Gasteiger partial charge in [-0.05, 0) is 29.8 Å². The molecule has 1 N–H and O–H groups in total. The number of nitrogens with one attached hydrogen (secondary N) is 1. The molecule has 4 aromatic rings. The van der Waals surface area contributed by atoms with Gasteiger partial charge in [0.05, 0.1) is 18.4 Å². The van der Waals surface area contributed by atoms with Crippen LogP contribution >= 0.6 is 0 Å². The molecule has 128 valence electrons. The van der Waals surface area contributed by atoms with E-state index in [9.17, 15) is 4.79 Å². The molecule has 1 amide bonds. The summed E-state index contributed by atoms with van der Waals surface area (Å²) in [6.07, 6.45) is 4.71. The van der Waals surface area contributed by atoms with E-state index in [1.54, 1.807) is 34.0 Å². The number of carbonyl (C=O) groups is 1. The van der Waals surface area contributed by atoms with Crippen molar-refractivity contribution in [1.29, 1.82) is 0 Å². The van der Waals surface area contributed by atoms with E-state index in [0.29, 0.717) is 12.2 Å². The van der Waals surface area contributed by atoms with E-state index in [1.807, 2.05) is 42.5 Å². The molecular formula is C18H15N7O. The first-order valence-electron chi connectivity index (χ1n) is 7.98. The lowest BCUT2D eigenvalue weighted by Gasteiger charge is -2.05. The number of carbonyl (C=O) groups excluding carboxylic acids is 1. The quantitative estimate of drug-likeness (QED) is 0.598. The summed E-state index contributed by atoms with van der Waals surface area (Å²) in [5, 5.41) is 14.8. The zero-order chi connectivity index (χ0) is 17.8. The second-order valence-electron chi connectivity index (χ2n) is 5.63. The molecule has 26 heavy (non-hydrogen) atoms. The van der Waals surface area contributed by atoms with Crippen LogP contribution in [0.4, 0.5) is 5.69 Å². The van der Waals surface area contributed by atoms with E-state index in [0.717, 1.165) is 11.3 Å². The van der Waals surface area contributed by atoms with E-state index in [4.69, 9.17) is 0 Å². The number of nitrogens with zero attached hydrogens (tertiary/aromatic N) is 6. The van der Waals surface area contributed by atoms with Crippen molar-refractivity contribution in [3.05, 3.63) is 84.7 Å². The Bertz CT molecular complexity index is 992. The van der Waals surface area contributed by atoms with Gasteiger partial charge in [-0.15, -0.1) is 5.10 Å². The van der Waals surface area contributed by atoms with Gasteiger partial charge in [0.1, 0.15) is 12.7 Å². The normalized spacial score (nSPS) is 10.6. The molecule has 0 aliphatic rings. The average Bonchev–Trinajstić information content (AvgIpc) is 3.35. The first-order valence-corrected chi connectivity index (χ1v) is 7.98. The third-order valence-electron chi connectivity index (χ3n) is 3.77. The van der Waals surface area contributed by atoms with Crippen LogP contribution < -0.4 is 5.32 Å². The van der Waals surface area contributed by atoms with Crippen LogP contribution in [0.25, 0.3) is 5.69 Å². The molecule has 0 unspecified atom stereocenters. The van der Waals surface area contributed by atoms with Gasteiger partial charge in [0, 0.05) is 5.69 Å². The molecule has 2 aromatic heterocycles. The van der Waals surface area contributed by atoms with Gasteiger partial charge in [0.2, 0.25) is 0 Å². The Morgan fingerprint density at radius 1 is 1.04 bits per heavy atom. The van der Waals surface area contributed by atoms with Gasteiger partial charge in [-0.25, -0.2) is 14.3 Å². The highest BCUT2D eigenvalue weighted by Crippen LogP contribution is 2.13. The monoisotopic (exact) mass is 345 g/mol. The minimum absolute atomic E-state index is 0.265. The summed E-state index contributed by atoms with van der Waals surface area (Å²) in [6.45, 7) is 0.563. The Labute approximate surface area is 149 Å². The van der Waals surface area contributed by atoms with E-state index in [-0.39, 0.29) is 11.6 Å². The van der Waals surface area contributed by atoms with E-state index in [2.05, 4.69) is 25.7 Å². The SMILES string of the molecule is O=C(Nc1ccc(-n2cncn2)cc1)c1cn(Cc2ccccc2)nn1. The molecule has 0 saturated carbocycles. The van der Waals surface area contributed by atoms with E-state index in [1.165, 1.54) is 6.33 Å². The first kappa shape index (κ1) is 15.7. The van der Waals surface area contributed by atoms with Crippen molar-refractivity contribution in [1.82, 2.24) is 29.8 Å². The van der Waals surface area contributed by atoms with Crippen molar-refractivity contribution in [2.45, 2.75) is 6.54 Å². The summed E-state index contributed by atoms with van der Waals surface area (Å²) in [5.74, 6) is -0.308. The van der Waals surface area contributed by atoms with Crippen molar-refractivity contribution >= 4 is 11.6 Å². The second-order valence-corrected chi connectivity index (χ2v) is 5.63. The highest BCUT2D eigenvalue weighted by atomic mass is 16.2. The number of anilines is 1. The summed E-state index contributed by atoms with van der Waals surface area (Å²) in [4.78, 5) is 16.2. The van der Waals surface area contributed by atoms with Crippen molar-refractivity contribution < 1.29 is 4.79 Å². The number of rotatable bonds is 5. The van der Waals surface area contributed by atoms with Crippen LogP contribution in [0.5, 0.6) is 0 Å². The van der Waals surface area contributed by atoms with Gasteiger partial charge in [-0.3, -0.25) is 4.79 Å². The zero-order valence-electron chi connectivity index (χ0n) is 13.7. The van der Waals surface area contributed by atoms with Gasteiger partial charge >= 0.3 is 0 Å². The first-order chi connectivity index (χ1) is 12.8. The molecule has 0 aliphatic heterocycles. The van der Waals surface area contributed by atoms with Gasteiger partial charge in [-0.1, -0.05) is 35.5 Å². The zero-order valence-corrected chi connectivity index (χ0v) is 13.7. The highest BCUT2D eigenvalue weighted by molar-refractivity contribution is 6.02. The molecular weight excluding hydrogens is 330 g/mol. The summed E-state index contributed by atoms with van der Waals surface area (Å²) in [5.41, 5.74) is 2.88. The molecule has 4 rings (SSSR count). The fourth-order valence-electron chi connectivity index (χ4n) is 2.48. The maximum absolute atomic E-state index is 12.3. The average molecular weight is 345 g/mol. The molecule has 0 bridgehead atoms. The van der Waals surface area contributed by atoms with Crippen LogP contribution in [0.15, 0.2) is 73.4 Å². The lowest BCUT2D eigenvalue weighted by molar-refractivity contribution is 0.102.